The lowest BCUT2D eigenvalue weighted by Crippen LogP contribution is -2.39. The molecule has 2 N–H and O–H groups in total. The van der Waals surface area contributed by atoms with Gasteiger partial charge in [0.05, 0.1) is 12.1 Å². The predicted molar refractivity (Wildman–Crippen MR) is 123 cm³/mol. The molecule has 0 heterocycles. The summed E-state index contributed by atoms with van der Waals surface area (Å²) in [6.45, 7) is 3.08. The highest BCUT2D eigenvalue weighted by molar-refractivity contribution is 14.0. The molecule has 0 aliphatic rings. The summed E-state index contributed by atoms with van der Waals surface area (Å²) in [7, 11) is -1.01. The number of hydrogen-bond donors (Lipinski definition) is 2. The minimum atomic E-state index is -4.37. The van der Waals surface area contributed by atoms with E-state index in [1.165, 1.54) is 6.07 Å². The van der Waals surface area contributed by atoms with Gasteiger partial charge in [-0.3, -0.25) is 4.21 Å². The summed E-state index contributed by atoms with van der Waals surface area (Å²) in [4.78, 5) is 4.32. The van der Waals surface area contributed by atoms with Crippen molar-refractivity contribution in [2.45, 2.75) is 25.4 Å². The maximum Gasteiger partial charge on any atom is 0.416 e. The molecule has 0 bridgehead atoms. The van der Waals surface area contributed by atoms with Crippen LogP contribution in [0.2, 0.25) is 0 Å². The smallest absolute Gasteiger partial charge is 0.357 e. The van der Waals surface area contributed by atoms with Crippen molar-refractivity contribution >= 4 is 40.7 Å². The van der Waals surface area contributed by atoms with E-state index in [2.05, 4.69) is 15.6 Å². The number of rotatable bonds is 8. The first kappa shape index (κ1) is 25.4. The van der Waals surface area contributed by atoms with E-state index in [4.69, 9.17) is 0 Å². The van der Waals surface area contributed by atoms with Gasteiger partial charge in [-0.2, -0.15) is 13.2 Å². The van der Waals surface area contributed by atoms with Crippen LogP contribution in [0.25, 0.3) is 0 Å². The van der Waals surface area contributed by atoms with Gasteiger partial charge >= 0.3 is 6.18 Å². The molecule has 0 saturated heterocycles. The summed E-state index contributed by atoms with van der Waals surface area (Å²) < 4.78 is 50.6. The highest BCUT2D eigenvalue weighted by Crippen LogP contribution is 2.29. The second-order valence-corrected chi connectivity index (χ2v) is 7.67. The molecule has 0 aromatic heterocycles. The van der Waals surface area contributed by atoms with Gasteiger partial charge in [-0.25, -0.2) is 4.99 Å². The van der Waals surface area contributed by atoms with Gasteiger partial charge in [-0.15, -0.1) is 24.0 Å². The van der Waals surface area contributed by atoms with E-state index in [0.29, 0.717) is 36.1 Å². The first-order chi connectivity index (χ1) is 13.4. The fourth-order valence-corrected chi connectivity index (χ4v) is 3.51. The first-order valence-electron chi connectivity index (χ1n) is 8.95. The lowest BCUT2D eigenvalue weighted by molar-refractivity contribution is -0.137. The molecular weight excluding hydrogens is 514 g/mol. The van der Waals surface area contributed by atoms with Gasteiger partial charge in [0.2, 0.25) is 0 Å². The van der Waals surface area contributed by atoms with Crippen LogP contribution in [0, 0.1) is 0 Å². The van der Waals surface area contributed by atoms with Crippen LogP contribution in [0.15, 0.2) is 59.6 Å². The van der Waals surface area contributed by atoms with Gasteiger partial charge in [-0.05, 0) is 30.2 Å². The molecule has 0 aliphatic heterocycles. The number of guanidine groups is 1. The van der Waals surface area contributed by atoms with Crippen LogP contribution in [-0.4, -0.2) is 29.0 Å². The van der Waals surface area contributed by atoms with Crippen molar-refractivity contribution in [3.63, 3.8) is 0 Å². The van der Waals surface area contributed by atoms with E-state index in [-0.39, 0.29) is 30.5 Å². The van der Waals surface area contributed by atoms with Crippen LogP contribution in [0.3, 0.4) is 0 Å². The van der Waals surface area contributed by atoms with E-state index in [9.17, 15) is 17.4 Å². The average Bonchev–Trinajstić information content (AvgIpc) is 2.66. The van der Waals surface area contributed by atoms with Gasteiger partial charge in [0, 0.05) is 35.4 Å². The Morgan fingerprint density at radius 3 is 2.38 bits per heavy atom. The van der Waals surface area contributed by atoms with E-state index < -0.39 is 22.5 Å². The van der Waals surface area contributed by atoms with Crippen molar-refractivity contribution in [2.75, 3.05) is 18.8 Å². The zero-order chi connectivity index (χ0) is 20.4. The average molecular weight is 539 g/mol. The quantitative estimate of drug-likeness (QED) is 0.299. The molecule has 0 aliphatic carbocycles. The molecule has 0 fully saturated rings. The van der Waals surface area contributed by atoms with E-state index in [1.54, 1.807) is 6.07 Å². The van der Waals surface area contributed by atoms with Gasteiger partial charge in [0.1, 0.15) is 0 Å². The first-order valence-corrected chi connectivity index (χ1v) is 10.4. The molecule has 2 aromatic rings. The molecule has 0 amide bonds. The maximum absolute atomic E-state index is 12.8. The largest absolute Gasteiger partial charge is 0.416 e. The number of halogens is 4. The van der Waals surface area contributed by atoms with E-state index >= 15 is 0 Å². The standard InChI is InChI=1S/C20H24F3N3OS.HI/c1-2-24-19(25-11-12-28(27)15-16-7-4-3-5-8-16)26-14-17-9-6-10-18(13-17)20(21,22)23;/h3-10,13H,2,11-12,14-15H2,1H3,(H2,24,25,26);1H. The molecule has 4 nitrogen and oxygen atoms in total. The number of hydrogen-bond acceptors (Lipinski definition) is 2. The van der Waals surface area contributed by atoms with Crippen LogP contribution in [0.5, 0.6) is 0 Å². The van der Waals surface area contributed by atoms with Crippen molar-refractivity contribution in [3.8, 4) is 0 Å². The molecule has 0 spiro atoms. The summed E-state index contributed by atoms with van der Waals surface area (Å²) in [5, 5.41) is 6.11. The van der Waals surface area contributed by atoms with Crippen molar-refractivity contribution in [1.29, 1.82) is 0 Å². The molecule has 0 saturated carbocycles. The van der Waals surface area contributed by atoms with Crippen molar-refractivity contribution in [1.82, 2.24) is 10.6 Å². The maximum atomic E-state index is 12.8. The van der Waals surface area contributed by atoms with Crippen LogP contribution in [0.4, 0.5) is 13.2 Å². The summed E-state index contributed by atoms with van der Waals surface area (Å²) in [5.74, 6) is 1.42. The van der Waals surface area contributed by atoms with Gasteiger partial charge in [0.15, 0.2) is 5.96 Å². The minimum Gasteiger partial charge on any atom is -0.357 e. The van der Waals surface area contributed by atoms with Gasteiger partial charge in [-0.1, -0.05) is 42.5 Å². The number of aliphatic imine (C=N–C) groups is 1. The second-order valence-electron chi connectivity index (χ2n) is 6.09. The molecule has 1 atom stereocenters. The summed E-state index contributed by atoms with van der Waals surface area (Å²) in [6.07, 6.45) is -4.37. The summed E-state index contributed by atoms with van der Waals surface area (Å²) in [6, 6.07) is 14.7. The lowest BCUT2D eigenvalue weighted by atomic mass is 10.1. The Morgan fingerprint density at radius 2 is 1.72 bits per heavy atom. The van der Waals surface area contributed by atoms with Crippen LogP contribution in [-0.2, 0) is 29.3 Å². The Bertz CT molecular complexity index is 801. The summed E-state index contributed by atoms with van der Waals surface area (Å²) in [5.41, 5.74) is 0.806. The molecule has 0 radical (unpaired) electrons. The third-order valence-corrected chi connectivity index (χ3v) is 5.13. The molecule has 9 heteroatoms. The van der Waals surface area contributed by atoms with Crippen molar-refractivity contribution in [3.05, 3.63) is 71.3 Å². The molecule has 29 heavy (non-hydrogen) atoms. The molecule has 2 aromatic carbocycles. The van der Waals surface area contributed by atoms with E-state index in [0.717, 1.165) is 17.7 Å². The zero-order valence-corrected chi connectivity index (χ0v) is 19.2. The number of nitrogens with one attached hydrogen (secondary N) is 2. The lowest BCUT2D eigenvalue weighted by Gasteiger charge is -2.12. The van der Waals surface area contributed by atoms with Crippen molar-refractivity contribution < 1.29 is 17.4 Å². The van der Waals surface area contributed by atoms with Gasteiger partial charge in [0.25, 0.3) is 0 Å². The monoisotopic (exact) mass is 539 g/mol. The fourth-order valence-electron chi connectivity index (χ4n) is 2.47. The number of benzene rings is 2. The predicted octanol–water partition coefficient (Wildman–Crippen LogP) is 4.33. The Labute approximate surface area is 188 Å². The van der Waals surface area contributed by atoms with Crippen LogP contribution >= 0.6 is 24.0 Å². The highest BCUT2D eigenvalue weighted by Gasteiger charge is 2.30. The SMILES string of the molecule is CCNC(=NCc1cccc(C(F)(F)F)c1)NCCS(=O)Cc1ccccc1.I. The Kier molecular flexibility index (Phi) is 11.3. The van der Waals surface area contributed by atoms with Crippen LogP contribution < -0.4 is 10.6 Å². The Hall–Kier alpha value is -1.62. The number of alkyl halides is 3. The topological polar surface area (TPSA) is 53.5 Å². The third-order valence-electron chi connectivity index (χ3n) is 3.81. The Morgan fingerprint density at radius 1 is 1.03 bits per heavy atom. The summed E-state index contributed by atoms with van der Waals surface area (Å²) >= 11 is 0. The minimum absolute atomic E-state index is 0. The molecule has 2 rings (SSSR count). The zero-order valence-electron chi connectivity index (χ0n) is 16.0. The highest BCUT2D eigenvalue weighted by atomic mass is 127. The van der Waals surface area contributed by atoms with Gasteiger partial charge < -0.3 is 10.6 Å². The van der Waals surface area contributed by atoms with Crippen LogP contribution in [0.1, 0.15) is 23.6 Å². The number of nitrogens with zero attached hydrogens (tertiary/aromatic N) is 1. The normalized spacial score (nSPS) is 12.8. The second kappa shape index (κ2) is 12.8. The van der Waals surface area contributed by atoms with E-state index in [1.807, 2.05) is 37.3 Å². The molecule has 160 valence electrons. The molecule has 1 unspecified atom stereocenters. The fraction of sp³-hybridized carbons (Fsp3) is 0.350. The Balaban J connectivity index is 0.00000420. The third kappa shape index (κ3) is 9.62. The van der Waals surface area contributed by atoms with Crippen molar-refractivity contribution in [2.24, 2.45) is 4.99 Å². The molecular formula is C20H25F3IN3OS.